The summed E-state index contributed by atoms with van der Waals surface area (Å²) in [6.07, 6.45) is 11.9. The Balaban J connectivity index is 0.00000302. The van der Waals surface area contributed by atoms with Gasteiger partial charge < -0.3 is 0 Å². The molecule has 3 heteroatoms. The molecule has 2 aliphatic carbocycles. The predicted molar refractivity (Wildman–Crippen MR) is 232 cm³/mol. The normalized spacial score (nSPS) is 13.5. The van der Waals surface area contributed by atoms with Crippen LogP contribution in [0.5, 0.6) is 0 Å². The van der Waals surface area contributed by atoms with Gasteiger partial charge in [-0.05, 0) is 0 Å². The third-order valence-corrected chi connectivity index (χ3v) is 18.5. The van der Waals surface area contributed by atoms with Gasteiger partial charge in [-0.1, -0.05) is 0 Å². The molecule has 0 unspecified atom stereocenters. The van der Waals surface area contributed by atoms with E-state index < -0.39 is 21.3 Å². The Morgan fingerprint density at radius 3 is 1.65 bits per heavy atom. The van der Waals surface area contributed by atoms with Crippen molar-refractivity contribution in [2.75, 3.05) is 0 Å². The Morgan fingerprint density at radius 2 is 1.17 bits per heavy atom. The van der Waals surface area contributed by atoms with E-state index in [1.165, 1.54) is 68.5 Å². The molecule has 0 aromatic heterocycles. The van der Waals surface area contributed by atoms with E-state index in [2.05, 4.69) is 168 Å². The topological polar surface area (TPSA) is 0 Å². The van der Waals surface area contributed by atoms with Crippen LogP contribution in [0, 0.1) is 25.7 Å². The zero-order chi connectivity index (χ0) is 36.1. The fraction of sp³-hybridized carbons (Fsp3) is 0.408. The molecule has 6 rings (SSSR count). The van der Waals surface area contributed by atoms with Gasteiger partial charge >= 0.3 is 314 Å². The molecule has 0 N–H and O–H groups in total. The fourth-order valence-corrected chi connectivity index (χ4v) is 18.1. The van der Waals surface area contributed by atoms with Crippen LogP contribution in [-0.4, -0.2) is 3.21 Å². The molecular formula is C49H62Cl2Zr. The number of hydrogen-bond acceptors (Lipinski definition) is 0. The van der Waals surface area contributed by atoms with Crippen LogP contribution in [0.25, 0.3) is 33.4 Å². The zero-order valence-corrected chi connectivity index (χ0v) is 38.0. The minimum atomic E-state index is -2.64. The number of rotatable bonds is 8. The summed E-state index contributed by atoms with van der Waals surface area (Å²) in [7, 11) is 0. The second-order valence-corrected chi connectivity index (χ2v) is 24.6. The van der Waals surface area contributed by atoms with E-state index in [0.29, 0.717) is 11.8 Å². The summed E-state index contributed by atoms with van der Waals surface area (Å²) in [5.74, 6) is 1.30. The molecule has 0 nitrogen and oxygen atoms in total. The largest absolute Gasteiger partial charge is 0.147 e. The van der Waals surface area contributed by atoms with Crippen LogP contribution in [0.15, 0.2) is 88.2 Å². The molecule has 0 heterocycles. The standard InChI is InChI=1S/C35H37.C9H18.C5H5.2ClH.Zr/c1-22-9-13-24(14-10-22)30-18-26-17-27-19-31(25-15-11-23(2)12-16-25)33(35(6,7)8)21-29(27)28(26)20-32(30)34(3,4)5;1-8(2)6-5-7-9(3)4;1-2-4-5-3-1;;;/h9-16,18,20-21H,17H2,1-8H3;8-9H,6-7H2,1-4H3;1-3H,4H2;2*1H;. The number of benzene rings is 4. The van der Waals surface area contributed by atoms with E-state index in [-0.39, 0.29) is 35.6 Å². The first kappa shape index (κ1) is 42.4. The van der Waals surface area contributed by atoms with Gasteiger partial charge in [0.1, 0.15) is 0 Å². The van der Waals surface area contributed by atoms with Crippen LogP contribution in [0.2, 0.25) is 0 Å². The van der Waals surface area contributed by atoms with E-state index in [9.17, 15) is 0 Å². The van der Waals surface area contributed by atoms with E-state index in [1.807, 2.05) is 3.21 Å². The molecule has 0 radical (unpaired) electrons. The molecular weight excluding hydrogens is 751 g/mol. The van der Waals surface area contributed by atoms with Crippen molar-refractivity contribution in [1.29, 1.82) is 0 Å². The van der Waals surface area contributed by atoms with Crippen molar-refractivity contribution in [2.45, 2.75) is 120 Å². The molecule has 0 spiro atoms. The molecule has 2 aliphatic rings. The zero-order valence-electron chi connectivity index (χ0n) is 33.9. The van der Waals surface area contributed by atoms with E-state index >= 15 is 0 Å². The first-order valence-electron chi connectivity index (χ1n) is 19.1. The van der Waals surface area contributed by atoms with Crippen LogP contribution >= 0.6 is 24.8 Å². The number of halogens is 2. The third kappa shape index (κ3) is 8.80. The second kappa shape index (κ2) is 16.6. The number of allylic oxidation sites excluding steroid dienone is 4. The SMILES string of the molecule is Cc1ccc(-c2cc3c(cc2C(C)(C)C)-c2cc(C(C)(C)C)c(-c4ccc(C)cc4)[c]([Zr]([C]4=CC=CC4)=[C](CC(C)C)CC(C)C)c2C3)cc1.Cl.Cl. The van der Waals surface area contributed by atoms with Crippen molar-refractivity contribution in [3.05, 3.63) is 122 Å². The number of hydrogen-bond donors (Lipinski definition) is 0. The van der Waals surface area contributed by atoms with Crippen LogP contribution < -0.4 is 3.27 Å². The fourth-order valence-electron chi connectivity index (χ4n) is 8.33. The molecule has 0 amide bonds. The smallest absolute Gasteiger partial charge is 0.147 e. The van der Waals surface area contributed by atoms with Gasteiger partial charge in [-0.25, -0.2) is 0 Å². The van der Waals surface area contributed by atoms with Crippen molar-refractivity contribution < 1.29 is 21.3 Å². The molecule has 4 aromatic carbocycles. The average molecular weight is 813 g/mol. The second-order valence-electron chi connectivity index (χ2n) is 18.2. The molecule has 0 atom stereocenters. The minimum Gasteiger partial charge on any atom is -0.147 e. The Bertz CT molecular complexity index is 1990. The molecule has 0 saturated carbocycles. The van der Waals surface area contributed by atoms with Gasteiger partial charge in [-0.3, -0.25) is 0 Å². The van der Waals surface area contributed by atoms with Crippen molar-refractivity contribution in [3.63, 3.8) is 0 Å². The summed E-state index contributed by atoms with van der Waals surface area (Å²) in [6, 6.07) is 26.6. The quantitative estimate of drug-likeness (QED) is 0.146. The molecule has 0 aliphatic heterocycles. The molecule has 0 fully saturated rings. The summed E-state index contributed by atoms with van der Waals surface area (Å²) in [6.45, 7) is 28.7. The van der Waals surface area contributed by atoms with Crippen LogP contribution in [0.4, 0.5) is 0 Å². The monoisotopic (exact) mass is 810 g/mol. The first-order chi connectivity index (χ1) is 23.5. The van der Waals surface area contributed by atoms with E-state index in [0.717, 1.165) is 12.8 Å². The summed E-state index contributed by atoms with van der Waals surface area (Å²) in [5.41, 5.74) is 17.4. The average Bonchev–Trinajstić information content (AvgIpc) is 3.68. The van der Waals surface area contributed by atoms with Crippen molar-refractivity contribution >= 4 is 31.3 Å². The summed E-state index contributed by atoms with van der Waals surface area (Å²) >= 11 is -2.64. The maximum absolute atomic E-state index is 2.64. The van der Waals surface area contributed by atoms with Crippen molar-refractivity contribution in [3.8, 4) is 33.4 Å². The number of aryl methyl sites for hydroxylation is 2. The van der Waals surface area contributed by atoms with Crippen molar-refractivity contribution in [2.24, 2.45) is 11.8 Å². The molecule has 0 saturated heterocycles. The maximum atomic E-state index is 2.64. The van der Waals surface area contributed by atoms with Gasteiger partial charge in [0.05, 0.1) is 0 Å². The molecule has 4 aromatic rings. The van der Waals surface area contributed by atoms with Crippen molar-refractivity contribution in [1.82, 2.24) is 0 Å². The van der Waals surface area contributed by atoms with Crippen LogP contribution in [-0.2, 0) is 38.5 Å². The Kier molecular flexibility index (Phi) is 13.5. The van der Waals surface area contributed by atoms with E-state index in [1.54, 1.807) is 17.7 Å². The minimum absolute atomic E-state index is 0. The number of fused-ring (bicyclic) bond motifs is 3. The summed E-state index contributed by atoms with van der Waals surface area (Å²) in [4.78, 5) is 0. The first-order valence-corrected chi connectivity index (χ1v) is 22.8. The molecule has 52 heavy (non-hydrogen) atoms. The van der Waals surface area contributed by atoms with Crippen LogP contribution in [0.3, 0.4) is 0 Å². The third-order valence-electron chi connectivity index (χ3n) is 10.7. The van der Waals surface area contributed by atoms with Gasteiger partial charge in [-0.2, -0.15) is 0 Å². The van der Waals surface area contributed by atoms with Gasteiger partial charge in [-0.15, -0.1) is 24.8 Å². The Morgan fingerprint density at radius 1 is 0.654 bits per heavy atom. The van der Waals surface area contributed by atoms with Gasteiger partial charge in [0.25, 0.3) is 0 Å². The Labute approximate surface area is 336 Å². The molecule has 276 valence electrons. The van der Waals surface area contributed by atoms with E-state index in [4.69, 9.17) is 0 Å². The van der Waals surface area contributed by atoms with Crippen LogP contribution in [0.1, 0.15) is 122 Å². The maximum Gasteiger partial charge on any atom is -0.147 e. The predicted octanol–water partition coefficient (Wildman–Crippen LogP) is 14.0. The molecule has 0 bridgehead atoms. The summed E-state index contributed by atoms with van der Waals surface area (Å²) < 4.78 is 5.44. The van der Waals surface area contributed by atoms with Gasteiger partial charge in [0.15, 0.2) is 0 Å². The summed E-state index contributed by atoms with van der Waals surface area (Å²) in [5, 5.41) is 0. The van der Waals surface area contributed by atoms with Gasteiger partial charge in [0, 0.05) is 0 Å². The van der Waals surface area contributed by atoms with Gasteiger partial charge in [0.2, 0.25) is 0 Å². The Hall–Kier alpha value is -2.31.